The molecular weight excluding hydrogens is 324 g/mol. The number of hydrogen-bond acceptors (Lipinski definition) is 3. The molecule has 26 heavy (non-hydrogen) atoms. The van der Waals surface area contributed by atoms with Crippen LogP contribution in [0.15, 0.2) is 54.9 Å². The molecule has 0 fully saturated rings. The van der Waals surface area contributed by atoms with Crippen molar-refractivity contribution in [2.24, 2.45) is 0 Å². The first kappa shape index (κ1) is 16.4. The van der Waals surface area contributed by atoms with Gasteiger partial charge in [0.25, 0.3) is 5.91 Å². The maximum Gasteiger partial charge on any atom is 0.271 e. The van der Waals surface area contributed by atoms with Crippen LogP contribution in [0, 0.1) is 0 Å². The average Bonchev–Trinajstić information content (AvgIpc) is 3.13. The quantitative estimate of drug-likeness (QED) is 0.710. The molecule has 1 aromatic carbocycles. The minimum absolute atomic E-state index is 0.0145. The van der Waals surface area contributed by atoms with Crippen molar-refractivity contribution in [1.29, 1.82) is 0 Å². The third-order valence-corrected chi connectivity index (χ3v) is 5.15. The number of fused-ring (bicyclic) bond motifs is 3. The van der Waals surface area contributed by atoms with Gasteiger partial charge in [-0.15, -0.1) is 0 Å². The molecule has 0 N–H and O–H groups in total. The van der Waals surface area contributed by atoms with Crippen LogP contribution in [0.3, 0.4) is 0 Å². The van der Waals surface area contributed by atoms with E-state index in [4.69, 9.17) is 0 Å². The zero-order valence-electron chi connectivity index (χ0n) is 15.5. The average molecular weight is 346 g/mol. The molecule has 0 aliphatic carbocycles. The number of carbonyl (C=O) groups is 1. The van der Waals surface area contributed by atoms with Gasteiger partial charge in [0.2, 0.25) is 0 Å². The van der Waals surface area contributed by atoms with Gasteiger partial charge in [-0.25, -0.2) is 4.98 Å². The van der Waals surface area contributed by atoms with E-state index in [1.54, 1.807) is 4.90 Å². The molecule has 0 spiro atoms. The SMILES string of the molecule is CC1c2ccc(-c3ccc(N(C)C)nc3)cc2-n2cccc2C(=O)N1C. The molecule has 5 heteroatoms. The second-order valence-electron chi connectivity index (χ2n) is 6.93. The van der Waals surface area contributed by atoms with Crippen molar-refractivity contribution >= 4 is 11.7 Å². The Morgan fingerprint density at radius 1 is 1.08 bits per heavy atom. The fourth-order valence-electron chi connectivity index (χ4n) is 3.44. The number of amides is 1. The number of benzene rings is 1. The number of rotatable bonds is 2. The van der Waals surface area contributed by atoms with Crippen molar-refractivity contribution in [3.8, 4) is 16.8 Å². The number of pyridine rings is 1. The Labute approximate surface area is 153 Å². The molecule has 1 amide bonds. The van der Waals surface area contributed by atoms with Crippen molar-refractivity contribution in [2.75, 3.05) is 26.0 Å². The Kier molecular flexibility index (Phi) is 3.80. The monoisotopic (exact) mass is 346 g/mol. The highest BCUT2D eigenvalue weighted by atomic mass is 16.2. The molecule has 0 radical (unpaired) electrons. The molecule has 0 saturated heterocycles. The minimum atomic E-state index is 0.0145. The van der Waals surface area contributed by atoms with E-state index >= 15 is 0 Å². The molecule has 4 rings (SSSR count). The van der Waals surface area contributed by atoms with Gasteiger partial charge >= 0.3 is 0 Å². The first-order valence-electron chi connectivity index (χ1n) is 8.70. The Bertz CT molecular complexity index is 972. The lowest BCUT2D eigenvalue weighted by Gasteiger charge is -2.23. The molecule has 1 unspecified atom stereocenters. The van der Waals surface area contributed by atoms with E-state index in [2.05, 4.69) is 36.2 Å². The van der Waals surface area contributed by atoms with Crippen LogP contribution < -0.4 is 4.90 Å². The Balaban J connectivity index is 1.85. The van der Waals surface area contributed by atoms with Crippen LogP contribution in [0.5, 0.6) is 0 Å². The highest BCUT2D eigenvalue weighted by molar-refractivity contribution is 5.94. The van der Waals surface area contributed by atoms with Crippen LogP contribution in [0.4, 0.5) is 5.82 Å². The lowest BCUT2D eigenvalue weighted by molar-refractivity contribution is 0.0741. The number of anilines is 1. The van der Waals surface area contributed by atoms with Crippen LogP contribution in [0.2, 0.25) is 0 Å². The molecule has 3 heterocycles. The lowest BCUT2D eigenvalue weighted by Crippen LogP contribution is -2.28. The normalized spacial score (nSPS) is 16.1. The Morgan fingerprint density at radius 2 is 1.85 bits per heavy atom. The van der Waals surface area contributed by atoms with Crippen LogP contribution in [-0.2, 0) is 0 Å². The van der Waals surface area contributed by atoms with Crippen LogP contribution >= 0.6 is 0 Å². The Hall–Kier alpha value is -3.08. The summed E-state index contributed by atoms with van der Waals surface area (Å²) >= 11 is 0. The van der Waals surface area contributed by atoms with Gasteiger partial charge in [0.1, 0.15) is 11.5 Å². The molecule has 0 saturated carbocycles. The number of nitrogens with zero attached hydrogens (tertiary/aromatic N) is 4. The van der Waals surface area contributed by atoms with Gasteiger partial charge in [-0.2, -0.15) is 0 Å². The van der Waals surface area contributed by atoms with E-state index in [-0.39, 0.29) is 11.9 Å². The molecule has 3 aromatic rings. The van der Waals surface area contributed by atoms with Gasteiger partial charge < -0.3 is 14.4 Å². The zero-order chi connectivity index (χ0) is 18.4. The third kappa shape index (κ3) is 2.47. The van der Waals surface area contributed by atoms with Crippen LogP contribution in [-0.4, -0.2) is 41.5 Å². The van der Waals surface area contributed by atoms with Crippen LogP contribution in [0.25, 0.3) is 16.8 Å². The number of hydrogen-bond donors (Lipinski definition) is 0. The summed E-state index contributed by atoms with van der Waals surface area (Å²) in [5, 5.41) is 0. The summed E-state index contributed by atoms with van der Waals surface area (Å²) in [5.74, 6) is 0.967. The first-order valence-corrected chi connectivity index (χ1v) is 8.70. The highest BCUT2D eigenvalue weighted by Crippen LogP contribution is 2.34. The molecule has 1 aliphatic rings. The van der Waals surface area contributed by atoms with Crippen molar-refractivity contribution in [3.05, 3.63) is 66.1 Å². The highest BCUT2D eigenvalue weighted by Gasteiger charge is 2.28. The van der Waals surface area contributed by atoms with E-state index < -0.39 is 0 Å². The summed E-state index contributed by atoms with van der Waals surface area (Å²) in [4.78, 5) is 21.0. The lowest BCUT2D eigenvalue weighted by atomic mass is 9.99. The summed E-state index contributed by atoms with van der Waals surface area (Å²) in [6.45, 7) is 2.07. The summed E-state index contributed by atoms with van der Waals surface area (Å²) in [6.07, 6.45) is 3.85. The maximum atomic E-state index is 12.7. The maximum absolute atomic E-state index is 12.7. The van der Waals surface area contributed by atoms with Crippen molar-refractivity contribution < 1.29 is 4.79 Å². The second kappa shape index (κ2) is 6.02. The Morgan fingerprint density at radius 3 is 2.54 bits per heavy atom. The number of aromatic nitrogens is 2. The van der Waals surface area contributed by atoms with Gasteiger partial charge in [-0.3, -0.25) is 4.79 Å². The van der Waals surface area contributed by atoms with Gasteiger partial charge in [0, 0.05) is 39.1 Å². The smallest absolute Gasteiger partial charge is 0.271 e. The van der Waals surface area contributed by atoms with E-state index in [9.17, 15) is 4.79 Å². The van der Waals surface area contributed by atoms with Gasteiger partial charge in [0.05, 0.1) is 11.7 Å². The molecule has 1 atom stereocenters. The topological polar surface area (TPSA) is 41.4 Å². The van der Waals surface area contributed by atoms with E-state index in [1.165, 1.54) is 0 Å². The van der Waals surface area contributed by atoms with Crippen molar-refractivity contribution in [3.63, 3.8) is 0 Å². The van der Waals surface area contributed by atoms with Crippen molar-refractivity contribution in [2.45, 2.75) is 13.0 Å². The van der Waals surface area contributed by atoms with Crippen LogP contribution in [0.1, 0.15) is 29.0 Å². The molecule has 1 aliphatic heterocycles. The first-order chi connectivity index (χ1) is 12.5. The number of carbonyl (C=O) groups excluding carboxylic acids is 1. The predicted molar refractivity (Wildman–Crippen MR) is 104 cm³/mol. The largest absolute Gasteiger partial charge is 0.363 e. The van der Waals surface area contributed by atoms with E-state index in [1.807, 2.05) is 61.2 Å². The van der Waals surface area contributed by atoms with Gasteiger partial charge in [0.15, 0.2) is 0 Å². The molecule has 0 bridgehead atoms. The van der Waals surface area contributed by atoms with Crippen molar-refractivity contribution in [1.82, 2.24) is 14.5 Å². The second-order valence-corrected chi connectivity index (χ2v) is 6.93. The molecule has 132 valence electrons. The molecular formula is C21H22N4O. The van der Waals surface area contributed by atoms with E-state index in [0.717, 1.165) is 28.2 Å². The summed E-state index contributed by atoms with van der Waals surface area (Å²) in [5.41, 5.74) is 5.02. The predicted octanol–water partition coefficient (Wildman–Crippen LogP) is 3.75. The fourth-order valence-corrected chi connectivity index (χ4v) is 3.44. The van der Waals surface area contributed by atoms with Gasteiger partial charge in [-0.1, -0.05) is 12.1 Å². The minimum Gasteiger partial charge on any atom is -0.363 e. The third-order valence-electron chi connectivity index (χ3n) is 5.15. The molecule has 2 aromatic heterocycles. The zero-order valence-corrected chi connectivity index (χ0v) is 15.5. The standard InChI is InChI=1S/C21H22N4O/c1-14-17-9-7-15(16-8-10-20(22-13-16)23(2)3)12-19(17)25-11-5-6-18(25)21(26)24(14)4/h5-14H,1-4H3. The molecule has 5 nitrogen and oxygen atoms in total. The fraction of sp³-hybridized carbons (Fsp3) is 0.238. The van der Waals surface area contributed by atoms with E-state index in [0.29, 0.717) is 5.69 Å². The van der Waals surface area contributed by atoms with Gasteiger partial charge in [-0.05, 0) is 48.4 Å². The summed E-state index contributed by atoms with van der Waals surface area (Å²) in [7, 11) is 5.82. The summed E-state index contributed by atoms with van der Waals surface area (Å²) < 4.78 is 1.99. The summed E-state index contributed by atoms with van der Waals surface area (Å²) in [6, 6.07) is 14.3.